The van der Waals surface area contributed by atoms with Crippen LogP contribution in [0.4, 0.5) is 0 Å². The molecular formula is C9H11BrN2O3S. The number of carbonyl (C=O) groups excluding carboxylic acids is 2. The van der Waals surface area contributed by atoms with E-state index in [1.165, 1.54) is 17.5 Å². The van der Waals surface area contributed by atoms with Crippen molar-refractivity contribution < 1.29 is 14.3 Å². The SMILES string of the molecule is CCOC(=O)C(N)CC(=O)c1ncc(Br)s1. The first kappa shape index (κ1) is 13.3. The molecule has 0 aliphatic carbocycles. The Morgan fingerprint density at radius 3 is 2.88 bits per heavy atom. The van der Waals surface area contributed by atoms with Gasteiger partial charge in [-0.25, -0.2) is 4.98 Å². The molecule has 1 heterocycles. The largest absolute Gasteiger partial charge is 0.465 e. The second kappa shape index (κ2) is 6.07. The van der Waals surface area contributed by atoms with Gasteiger partial charge in [-0.3, -0.25) is 9.59 Å². The molecule has 0 amide bonds. The van der Waals surface area contributed by atoms with E-state index in [4.69, 9.17) is 10.5 Å². The average Bonchev–Trinajstić information content (AvgIpc) is 2.65. The lowest BCUT2D eigenvalue weighted by Gasteiger charge is -2.08. The van der Waals surface area contributed by atoms with Crippen LogP contribution in [0.2, 0.25) is 0 Å². The molecule has 7 heteroatoms. The summed E-state index contributed by atoms with van der Waals surface area (Å²) in [5.41, 5.74) is 5.52. The van der Waals surface area contributed by atoms with E-state index in [0.717, 1.165) is 3.79 Å². The molecule has 0 aromatic carbocycles. The Morgan fingerprint density at radius 1 is 1.69 bits per heavy atom. The third kappa shape index (κ3) is 3.66. The van der Waals surface area contributed by atoms with Crippen LogP contribution >= 0.6 is 27.3 Å². The maximum absolute atomic E-state index is 11.6. The molecule has 1 aromatic heterocycles. The Hall–Kier alpha value is -0.790. The van der Waals surface area contributed by atoms with Gasteiger partial charge in [-0.05, 0) is 22.9 Å². The third-order valence-corrected chi connectivity index (χ3v) is 3.23. The van der Waals surface area contributed by atoms with Crippen LogP contribution in [0, 0.1) is 0 Å². The Morgan fingerprint density at radius 2 is 2.38 bits per heavy atom. The number of thiazole rings is 1. The van der Waals surface area contributed by atoms with Gasteiger partial charge in [0.2, 0.25) is 0 Å². The summed E-state index contributed by atoms with van der Waals surface area (Å²) in [4.78, 5) is 26.7. The minimum Gasteiger partial charge on any atom is -0.465 e. The number of nitrogens with zero attached hydrogens (tertiary/aromatic N) is 1. The number of hydrogen-bond donors (Lipinski definition) is 1. The molecular weight excluding hydrogens is 296 g/mol. The molecule has 1 aromatic rings. The van der Waals surface area contributed by atoms with Crippen molar-refractivity contribution in [2.45, 2.75) is 19.4 Å². The van der Waals surface area contributed by atoms with E-state index in [9.17, 15) is 9.59 Å². The minimum absolute atomic E-state index is 0.0845. The fraction of sp³-hybridized carbons (Fsp3) is 0.444. The van der Waals surface area contributed by atoms with Gasteiger partial charge in [-0.2, -0.15) is 0 Å². The molecule has 1 unspecified atom stereocenters. The summed E-state index contributed by atoms with van der Waals surface area (Å²) in [6.45, 7) is 1.94. The number of hydrogen-bond acceptors (Lipinski definition) is 6. The van der Waals surface area contributed by atoms with Crippen molar-refractivity contribution in [3.05, 3.63) is 15.0 Å². The molecule has 0 fully saturated rings. The van der Waals surface area contributed by atoms with Gasteiger partial charge in [0.1, 0.15) is 6.04 Å². The maximum atomic E-state index is 11.6. The van der Waals surface area contributed by atoms with Gasteiger partial charge >= 0.3 is 5.97 Å². The summed E-state index contributed by atoms with van der Waals surface area (Å²) < 4.78 is 5.47. The van der Waals surface area contributed by atoms with E-state index in [1.807, 2.05) is 0 Å². The molecule has 5 nitrogen and oxygen atoms in total. The summed E-state index contributed by atoms with van der Waals surface area (Å²) in [6, 6.07) is -0.921. The minimum atomic E-state index is -0.921. The number of Topliss-reactive ketones (excluding diaryl/α,β-unsaturated/α-hetero) is 1. The smallest absolute Gasteiger partial charge is 0.323 e. The number of ether oxygens (including phenoxy) is 1. The Kier molecular flexibility index (Phi) is 5.04. The number of aromatic nitrogens is 1. The molecule has 0 saturated carbocycles. The number of carbonyl (C=O) groups is 2. The van der Waals surface area contributed by atoms with Crippen molar-refractivity contribution in [1.29, 1.82) is 0 Å². The summed E-state index contributed by atoms with van der Waals surface area (Å²) in [5, 5.41) is 0.339. The number of nitrogens with two attached hydrogens (primary N) is 1. The third-order valence-electron chi connectivity index (χ3n) is 1.71. The van der Waals surface area contributed by atoms with Crippen molar-refractivity contribution in [2.75, 3.05) is 6.61 Å². The first-order chi connectivity index (χ1) is 7.54. The summed E-state index contributed by atoms with van der Waals surface area (Å²) in [5.74, 6) is -0.817. The molecule has 1 atom stereocenters. The normalized spacial score (nSPS) is 12.2. The van der Waals surface area contributed by atoms with Gasteiger partial charge < -0.3 is 10.5 Å². The van der Waals surface area contributed by atoms with Crippen LogP contribution < -0.4 is 5.73 Å². The molecule has 0 bridgehead atoms. The van der Waals surface area contributed by atoms with Crippen molar-refractivity contribution in [3.63, 3.8) is 0 Å². The Labute approximate surface area is 105 Å². The van der Waals surface area contributed by atoms with Gasteiger partial charge in [-0.1, -0.05) is 0 Å². The molecule has 2 N–H and O–H groups in total. The van der Waals surface area contributed by atoms with E-state index >= 15 is 0 Å². The van der Waals surface area contributed by atoms with E-state index in [0.29, 0.717) is 5.01 Å². The number of rotatable bonds is 5. The number of esters is 1. The number of halogens is 1. The summed E-state index contributed by atoms with van der Waals surface area (Å²) >= 11 is 4.41. The Balaban J connectivity index is 2.54. The highest BCUT2D eigenvalue weighted by molar-refractivity contribution is 9.11. The molecule has 0 spiro atoms. The zero-order chi connectivity index (χ0) is 12.1. The van der Waals surface area contributed by atoms with E-state index in [-0.39, 0.29) is 18.8 Å². The van der Waals surface area contributed by atoms with Crippen LogP contribution in [-0.4, -0.2) is 29.4 Å². The first-order valence-corrected chi connectivity index (χ1v) is 6.22. The van der Waals surface area contributed by atoms with Crippen molar-refractivity contribution >= 4 is 39.0 Å². The molecule has 16 heavy (non-hydrogen) atoms. The van der Waals surface area contributed by atoms with E-state index in [2.05, 4.69) is 20.9 Å². The van der Waals surface area contributed by atoms with Gasteiger partial charge in [-0.15, -0.1) is 11.3 Å². The van der Waals surface area contributed by atoms with Crippen molar-refractivity contribution in [1.82, 2.24) is 4.98 Å². The predicted molar refractivity (Wildman–Crippen MR) is 63.4 cm³/mol. The van der Waals surface area contributed by atoms with E-state index in [1.54, 1.807) is 6.92 Å². The summed E-state index contributed by atoms with van der Waals surface area (Å²) in [7, 11) is 0. The van der Waals surface area contributed by atoms with Gasteiger partial charge in [0.25, 0.3) is 0 Å². The quantitative estimate of drug-likeness (QED) is 0.656. The van der Waals surface area contributed by atoms with E-state index < -0.39 is 12.0 Å². The zero-order valence-corrected chi connectivity index (χ0v) is 11.0. The van der Waals surface area contributed by atoms with Crippen molar-refractivity contribution in [3.8, 4) is 0 Å². The fourth-order valence-corrected chi connectivity index (χ4v) is 2.16. The molecule has 0 aliphatic rings. The maximum Gasteiger partial charge on any atom is 0.323 e. The topological polar surface area (TPSA) is 82.3 Å². The second-order valence-electron chi connectivity index (χ2n) is 2.96. The first-order valence-electron chi connectivity index (χ1n) is 4.61. The molecule has 0 radical (unpaired) electrons. The van der Waals surface area contributed by atoms with Crippen LogP contribution in [0.5, 0.6) is 0 Å². The lowest BCUT2D eigenvalue weighted by Crippen LogP contribution is -2.34. The Bertz CT molecular complexity index is 394. The van der Waals surface area contributed by atoms with Crippen molar-refractivity contribution in [2.24, 2.45) is 5.73 Å². The predicted octanol–water partition coefficient (Wildman–Crippen LogP) is 1.37. The molecule has 1 rings (SSSR count). The molecule has 0 aliphatic heterocycles. The number of ketones is 1. The average molecular weight is 307 g/mol. The van der Waals surface area contributed by atoms with Crippen LogP contribution in [0.1, 0.15) is 23.1 Å². The second-order valence-corrected chi connectivity index (χ2v) is 5.37. The fourth-order valence-electron chi connectivity index (χ4n) is 1.00. The van der Waals surface area contributed by atoms with Gasteiger partial charge in [0, 0.05) is 6.42 Å². The van der Waals surface area contributed by atoms with Crippen LogP contribution in [0.3, 0.4) is 0 Å². The highest BCUT2D eigenvalue weighted by Gasteiger charge is 2.21. The molecule has 0 saturated heterocycles. The zero-order valence-electron chi connectivity index (χ0n) is 8.60. The standard InChI is InChI=1S/C9H11BrN2O3S/c1-2-15-9(14)5(11)3-6(13)8-12-4-7(10)16-8/h4-5H,2-3,11H2,1H3. The van der Waals surface area contributed by atoms with Crippen LogP contribution in [0.15, 0.2) is 9.98 Å². The van der Waals surface area contributed by atoms with Crippen LogP contribution in [-0.2, 0) is 9.53 Å². The van der Waals surface area contributed by atoms with Gasteiger partial charge in [0.05, 0.1) is 16.6 Å². The lowest BCUT2D eigenvalue weighted by atomic mass is 10.1. The molecule has 88 valence electrons. The monoisotopic (exact) mass is 306 g/mol. The highest BCUT2D eigenvalue weighted by atomic mass is 79.9. The van der Waals surface area contributed by atoms with Crippen LogP contribution in [0.25, 0.3) is 0 Å². The van der Waals surface area contributed by atoms with Gasteiger partial charge in [0.15, 0.2) is 10.8 Å². The summed E-state index contributed by atoms with van der Waals surface area (Å²) in [6.07, 6.45) is 1.45. The lowest BCUT2D eigenvalue weighted by molar-refractivity contribution is -0.144. The highest BCUT2D eigenvalue weighted by Crippen LogP contribution is 2.20.